The third kappa shape index (κ3) is 4.42. The topological polar surface area (TPSA) is 175 Å². The van der Waals surface area contributed by atoms with Gasteiger partial charge in [-0.2, -0.15) is 0 Å². The molecule has 3 fully saturated rings. The van der Waals surface area contributed by atoms with Crippen LogP contribution in [-0.4, -0.2) is 116 Å². The first kappa shape index (κ1) is 27.1. The third-order valence-electron chi connectivity index (χ3n) is 7.67. The Hall–Kier alpha value is -2.49. The number of rotatable bonds is 9. The molecule has 1 aromatic rings. The van der Waals surface area contributed by atoms with Crippen molar-refractivity contribution >= 4 is 5.97 Å². The van der Waals surface area contributed by atoms with Crippen LogP contribution in [0.25, 0.3) is 0 Å². The summed E-state index contributed by atoms with van der Waals surface area (Å²) >= 11 is 0. The van der Waals surface area contributed by atoms with Crippen molar-refractivity contribution in [3.8, 4) is 11.5 Å². The predicted molar refractivity (Wildman–Crippen MR) is 124 cm³/mol. The number of esters is 1. The zero-order valence-corrected chi connectivity index (χ0v) is 21.0. The number of methoxy groups -OCH3 is 3. The van der Waals surface area contributed by atoms with E-state index in [9.17, 15) is 25.2 Å². The van der Waals surface area contributed by atoms with Crippen LogP contribution in [0.2, 0.25) is 0 Å². The molecule has 210 valence electrons. The molecule has 2 saturated heterocycles. The summed E-state index contributed by atoms with van der Waals surface area (Å²) in [6, 6.07) is 4.63. The van der Waals surface area contributed by atoms with Crippen molar-refractivity contribution in [3.63, 3.8) is 0 Å². The summed E-state index contributed by atoms with van der Waals surface area (Å²) < 4.78 is 44.7. The number of hydrogen-bond donors (Lipinski definition) is 4. The molecule has 1 aliphatic carbocycles. The molecule has 13 heteroatoms. The number of epoxide rings is 1. The minimum absolute atomic E-state index is 0.194. The molecule has 1 aromatic carbocycles. The average Bonchev–Trinajstić information content (AvgIpc) is 3.62. The van der Waals surface area contributed by atoms with Gasteiger partial charge in [-0.3, -0.25) is 0 Å². The van der Waals surface area contributed by atoms with Crippen molar-refractivity contribution in [1.82, 2.24) is 0 Å². The number of fused-ring (bicyclic) bond motifs is 3. The lowest BCUT2D eigenvalue weighted by Gasteiger charge is -2.44. The lowest BCUT2D eigenvalue weighted by atomic mass is 9.85. The SMILES string of the molecule is COc1ccc(C(=O)OC[C@]23O[C@H]2[C@@H](O)[C@@H]2C=CO[C@@H](O[C@@H]4O[C@H](CO)[C@@H](O)[C@H](O)[C@H]4OC)[C@@H]23)cc1OC. The van der Waals surface area contributed by atoms with Gasteiger partial charge < -0.3 is 58.3 Å². The Morgan fingerprint density at radius 2 is 1.79 bits per heavy atom. The summed E-state index contributed by atoms with van der Waals surface area (Å²) in [6.45, 7) is -0.758. The van der Waals surface area contributed by atoms with Gasteiger partial charge in [0.1, 0.15) is 42.7 Å². The fraction of sp³-hybridized carbons (Fsp3) is 0.640. The van der Waals surface area contributed by atoms with E-state index in [1.807, 2.05) is 0 Å². The second-order valence-corrected chi connectivity index (χ2v) is 9.61. The van der Waals surface area contributed by atoms with Crippen molar-refractivity contribution in [3.05, 3.63) is 36.1 Å². The second-order valence-electron chi connectivity index (χ2n) is 9.61. The quantitative estimate of drug-likeness (QED) is 0.221. The van der Waals surface area contributed by atoms with E-state index >= 15 is 0 Å². The van der Waals surface area contributed by atoms with E-state index in [0.29, 0.717) is 11.5 Å². The molecule has 0 aromatic heterocycles. The van der Waals surface area contributed by atoms with E-state index in [2.05, 4.69) is 0 Å². The molecule has 5 rings (SSSR count). The summed E-state index contributed by atoms with van der Waals surface area (Å²) in [7, 11) is 4.26. The maximum atomic E-state index is 12.9. The lowest BCUT2D eigenvalue weighted by molar-refractivity contribution is -0.347. The Kier molecular flexibility index (Phi) is 7.55. The van der Waals surface area contributed by atoms with E-state index in [4.69, 9.17) is 37.9 Å². The van der Waals surface area contributed by atoms with Gasteiger partial charge in [0.15, 0.2) is 17.8 Å². The minimum Gasteiger partial charge on any atom is -0.493 e. The number of hydrogen-bond acceptors (Lipinski definition) is 13. The zero-order valence-electron chi connectivity index (χ0n) is 21.0. The number of aliphatic hydroxyl groups is 4. The molecule has 0 spiro atoms. The van der Waals surface area contributed by atoms with E-state index < -0.39 is 79.2 Å². The fourth-order valence-corrected chi connectivity index (χ4v) is 5.62. The summed E-state index contributed by atoms with van der Waals surface area (Å²) in [5, 5.41) is 41.1. The van der Waals surface area contributed by atoms with Gasteiger partial charge in [-0.05, 0) is 24.3 Å². The Morgan fingerprint density at radius 1 is 1.03 bits per heavy atom. The smallest absolute Gasteiger partial charge is 0.338 e. The number of ether oxygens (including phenoxy) is 8. The largest absolute Gasteiger partial charge is 0.493 e. The highest BCUT2D eigenvalue weighted by Gasteiger charge is 2.76. The molecule has 4 aliphatic rings. The van der Waals surface area contributed by atoms with E-state index in [1.54, 1.807) is 18.2 Å². The van der Waals surface area contributed by atoms with Gasteiger partial charge >= 0.3 is 5.97 Å². The molecule has 0 bridgehead atoms. The molecule has 0 unspecified atom stereocenters. The third-order valence-corrected chi connectivity index (χ3v) is 7.67. The van der Waals surface area contributed by atoms with Crippen molar-refractivity contribution in [2.75, 3.05) is 34.5 Å². The first-order valence-corrected chi connectivity index (χ1v) is 12.2. The monoisotopic (exact) mass is 540 g/mol. The van der Waals surface area contributed by atoms with Crippen LogP contribution in [0, 0.1) is 11.8 Å². The molecule has 3 heterocycles. The maximum absolute atomic E-state index is 12.9. The minimum atomic E-state index is -1.40. The van der Waals surface area contributed by atoms with Crippen molar-refractivity contribution < 1.29 is 63.1 Å². The van der Waals surface area contributed by atoms with E-state index in [-0.39, 0.29) is 12.2 Å². The summed E-state index contributed by atoms with van der Waals surface area (Å²) in [6.07, 6.45) is -5.75. The van der Waals surface area contributed by atoms with Crippen molar-refractivity contribution in [2.45, 2.75) is 54.8 Å². The molecule has 38 heavy (non-hydrogen) atoms. The molecular weight excluding hydrogens is 508 g/mol. The first-order chi connectivity index (χ1) is 18.3. The van der Waals surface area contributed by atoms with Crippen LogP contribution in [-0.2, 0) is 28.4 Å². The molecule has 4 N–H and O–H groups in total. The van der Waals surface area contributed by atoms with Gasteiger partial charge in [0.25, 0.3) is 0 Å². The second kappa shape index (κ2) is 10.6. The van der Waals surface area contributed by atoms with Gasteiger partial charge in [-0.1, -0.05) is 0 Å². The zero-order chi connectivity index (χ0) is 27.2. The lowest BCUT2D eigenvalue weighted by Crippen LogP contribution is -2.61. The Morgan fingerprint density at radius 3 is 2.47 bits per heavy atom. The number of aliphatic hydroxyl groups excluding tert-OH is 4. The van der Waals surface area contributed by atoms with Gasteiger partial charge in [0, 0.05) is 13.0 Å². The summed E-state index contributed by atoms with van der Waals surface area (Å²) in [4.78, 5) is 12.9. The Labute approximate surface area is 218 Å². The predicted octanol–water partition coefficient (Wildman–Crippen LogP) is -1.05. The van der Waals surface area contributed by atoms with Crippen LogP contribution in [0.3, 0.4) is 0 Å². The standard InChI is InChI=1S/C25H32O13/c1-31-13-5-4-11(8-14(13)32-2)22(30)35-10-25-16-12(17(27)21(25)38-25)6-7-34-23(16)37-24-20(33-3)19(29)18(28)15(9-26)36-24/h4-8,12,15-21,23-24,26-29H,9-10H2,1-3H3/t12-,15-,16-,17+,18-,19+,20-,21+,23+,24+,25-/m1/s1. The number of benzene rings is 1. The van der Waals surface area contributed by atoms with Gasteiger partial charge in [-0.15, -0.1) is 0 Å². The number of carbonyl (C=O) groups excluding carboxylic acids is 1. The van der Waals surface area contributed by atoms with Crippen molar-refractivity contribution in [1.29, 1.82) is 0 Å². The molecule has 11 atom stereocenters. The maximum Gasteiger partial charge on any atom is 0.338 e. The van der Waals surface area contributed by atoms with Crippen LogP contribution in [0.15, 0.2) is 30.5 Å². The molecule has 3 aliphatic heterocycles. The average molecular weight is 541 g/mol. The van der Waals surface area contributed by atoms with E-state index in [1.165, 1.54) is 33.7 Å². The first-order valence-electron chi connectivity index (χ1n) is 12.2. The number of carbonyl (C=O) groups is 1. The molecule has 0 radical (unpaired) electrons. The molecule has 1 saturated carbocycles. The van der Waals surface area contributed by atoms with Gasteiger partial charge in [0.05, 0.1) is 44.7 Å². The van der Waals surface area contributed by atoms with E-state index in [0.717, 1.165) is 0 Å². The normalized spacial score (nSPS) is 41.0. The molecule has 0 amide bonds. The fourth-order valence-electron chi connectivity index (χ4n) is 5.62. The van der Waals surface area contributed by atoms with Crippen LogP contribution < -0.4 is 9.47 Å². The van der Waals surface area contributed by atoms with Gasteiger partial charge in [-0.25, -0.2) is 4.79 Å². The van der Waals surface area contributed by atoms with Crippen LogP contribution in [0.5, 0.6) is 11.5 Å². The van der Waals surface area contributed by atoms with Crippen molar-refractivity contribution in [2.24, 2.45) is 11.8 Å². The Balaban J connectivity index is 1.32. The summed E-state index contributed by atoms with van der Waals surface area (Å²) in [5.74, 6) is -0.869. The van der Waals surface area contributed by atoms with Crippen LogP contribution >= 0.6 is 0 Å². The highest BCUT2D eigenvalue weighted by atomic mass is 16.8. The Bertz CT molecular complexity index is 1050. The molecule has 13 nitrogen and oxygen atoms in total. The van der Waals surface area contributed by atoms with Crippen LogP contribution in [0.1, 0.15) is 10.4 Å². The summed E-state index contributed by atoms with van der Waals surface area (Å²) in [5.41, 5.74) is -0.864. The highest BCUT2D eigenvalue weighted by molar-refractivity contribution is 5.90. The molecular formula is C25H32O13. The van der Waals surface area contributed by atoms with Crippen LogP contribution in [0.4, 0.5) is 0 Å². The van der Waals surface area contributed by atoms with Gasteiger partial charge in [0.2, 0.25) is 6.29 Å². The highest BCUT2D eigenvalue weighted by Crippen LogP contribution is 2.60.